The molecule has 0 aromatic rings. The Kier molecular flexibility index (Phi) is 6.31. The highest BCUT2D eigenvalue weighted by atomic mass is 16.5. The summed E-state index contributed by atoms with van der Waals surface area (Å²) in [5.74, 6) is 0.787. The van der Waals surface area contributed by atoms with E-state index in [1.165, 1.54) is 51.5 Å². The summed E-state index contributed by atoms with van der Waals surface area (Å²) in [5, 5.41) is 0. The Hall–Kier alpha value is -0.120. The van der Waals surface area contributed by atoms with Crippen LogP contribution in [0.2, 0.25) is 0 Å². The van der Waals surface area contributed by atoms with Crippen molar-refractivity contribution >= 4 is 0 Å². The van der Waals surface area contributed by atoms with Gasteiger partial charge in [0, 0.05) is 31.2 Å². The molecule has 1 unspecified atom stereocenters. The number of rotatable bonds is 7. The topological polar surface area (TPSA) is 38.5 Å². The lowest BCUT2D eigenvalue weighted by molar-refractivity contribution is -0.0291. The average molecular weight is 282 g/mol. The first-order valence-corrected chi connectivity index (χ1v) is 8.67. The van der Waals surface area contributed by atoms with Gasteiger partial charge in [0.2, 0.25) is 0 Å². The minimum absolute atomic E-state index is 0.220. The van der Waals surface area contributed by atoms with Gasteiger partial charge in [0.05, 0.1) is 6.61 Å². The van der Waals surface area contributed by atoms with Crippen molar-refractivity contribution in [1.29, 1.82) is 0 Å². The largest absolute Gasteiger partial charge is 0.381 e. The molecular formula is C17H34N2O. The fourth-order valence-corrected chi connectivity index (χ4v) is 3.78. The summed E-state index contributed by atoms with van der Waals surface area (Å²) in [4.78, 5) is 2.76. The third kappa shape index (κ3) is 4.44. The third-order valence-electron chi connectivity index (χ3n) is 5.21. The highest BCUT2D eigenvalue weighted by Gasteiger charge is 2.36. The zero-order chi connectivity index (χ0) is 14.4. The van der Waals surface area contributed by atoms with Gasteiger partial charge in [-0.2, -0.15) is 0 Å². The predicted octanol–water partition coefficient (Wildman–Crippen LogP) is 3.03. The van der Waals surface area contributed by atoms with Crippen LogP contribution in [0.3, 0.4) is 0 Å². The second kappa shape index (κ2) is 7.77. The van der Waals surface area contributed by atoms with Crippen molar-refractivity contribution < 1.29 is 4.74 Å². The van der Waals surface area contributed by atoms with E-state index >= 15 is 0 Å². The number of ether oxygens (including phenoxy) is 1. The van der Waals surface area contributed by atoms with Gasteiger partial charge in [-0.1, -0.05) is 26.7 Å². The van der Waals surface area contributed by atoms with Gasteiger partial charge in [0.15, 0.2) is 0 Å². The quantitative estimate of drug-likeness (QED) is 0.780. The van der Waals surface area contributed by atoms with Gasteiger partial charge in [-0.3, -0.25) is 4.90 Å². The Morgan fingerprint density at radius 2 is 2.00 bits per heavy atom. The molecule has 1 atom stereocenters. The van der Waals surface area contributed by atoms with Crippen LogP contribution in [0.5, 0.6) is 0 Å². The van der Waals surface area contributed by atoms with Gasteiger partial charge < -0.3 is 10.5 Å². The molecular weight excluding hydrogens is 248 g/mol. The number of nitrogens with two attached hydrogens (primary N) is 1. The van der Waals surface area contributed by atoms with E-state index in [-0.39, 0.29) is 5.41 Å². The van der Waals surface area contributed by atoms with E-state index in [2.05, 4.69) is 18.7 Å². The van der Waals surface area contributed by atoms with Crippen molar-refractivity contribution in [2.75, 3.05) is 32.8 Å². The van der Waals surface area contributed by atoms with Crippen LogP contribution in [0.1, 0.15) is 58.8 Å². The van der Waals surface area contributed by atoms with Crippen LogP contribution in [0.15, 0.2) is 0 Å². The Bertz CT molecular complexity index is 268. The Morgan fingerprint density at radius 1 is 1.25 bits per heavy atom. The molecule has 20 heavy (non-hydrogen) atoms. The van der Waals surface area contributed by atoms with Gasteiger partial charge in [0.1, 0.15) is 0 Å². The monoisotopic (exact) mass is 282 g/mol. The van der Waals surface area contributed by atoms with E-state index in [0.29, 0.717) is 0 Å². The first kappa shape index (κ1) is 16.3. The van der Waals surface area contributed by atoms with Crippen molar-refractivity contribution in [3.8, 4) is 0 Å². The Morgan fingerprint density at radius 3 is 2.55 bits per heavy atom. The van der Waals surface area contributed by atoms with Crippen molar-refractivity contribution in [2.45, 2.75) is 64.8 Å². The summed E-state index contributed by atoms with van der Waals surface area (Å²) >= 11 is 0. The molecule has 118 valence electrons. The van der Waals surface area contributed by atoms with E-state index in [9.17, 15) is 0 Å². The molecule has 2 N–H and O–H groups in total. The zero-order valence-corrected chi connectivity index (χ0v) is 13.6. The maximum absolute atomic E-state index is 6.13. The van der Waals surface area contributed by atoms with Crippen LogP contribution in [0.4, 0.5) is 0 Å². The molecule has 3 heteroatoms. The van der Waals surface area contributed by atoms with Gasteiger partial charge in [-0.25, -0.2) is 0 Å². The van der Waals surface area contributed by atoms with Crippen LogP contribution in [0.25, 0.3) is 0 Å². The second-order valence-corrected chi connectivity index (χ2v) is 7.45. The fourth-order valence-electron chi connectivity index (χ4n) is 3.78. The molecule has 1 saturated carbocycles. The summed E-state index contributed by atoms with van der Waals surface area (Å²) in [6, 6.07) is 0.805. The number of hydrogen-bond acceptors (Lipinski definition) is 3. The fraction of sp³-hybridized carbons (Fsp3) is 1.00. The minimum atomic E-state index is 0.220. The van der Waals surface area contributed by atoms with E-state index < -0.39 is 0 Å². The van der Waals surface area contributed by atoms with Crippen LogP contribution in [0, 0.1) is 11.3 Å². The van der Waals surface area contributed by atoms with Crippen molar-refractivity contribution in [3.63, 3.8) is 0 Å². The molecule has 1 aliphatic heterocycles. The van der Waals surface area contributed by atoms with E-state index in [4.69, 9.17) is 10.5 Å². The molecule has 0 amide bonds. The van der Waals surface area contributed by atoms with Crippen LogP contribution in [-0.2, 0) is 4.74 Å². The molecule has 2 rings (SSSR count). The maximum atomic E-state index is 6.13. The van der Waals surface area contributed by atoms with Gasteiger partial charge in [0.25, 0.3) is 0 Å². The summed E-state index contributed by atoms with van der Waals surface area (Å²) in [5.41, 5.74) is 6.35. The first-order chi connectivity index (χ1) is 9.65. The summed E-state index contributed by atoms with van der Waals surface area (Å²) in [6.45, 7) is 9.62. The normalized spacial score (nSPS) is 28.6. The lowest BCUT2D eigenvalue weighted by atomic mass is 9.81. The molecule has 0 bridgehead atoms. The van der Waals surface area contributed by atoms with Gasteiger partial charge in [-0.05, 0) is 44.6 Å². The highest BCUT2D eigenvalue weighted by Crippen LogP contribution is 2.32. The zero-order valence-electron chi connectivity index (χ0n) is 13.6. The molecule has 1 aliphatic carbocycles. The average Bonchev–Trinajstić information content (AvgIpc) is 2.98. The molecule has 0 aromatic carbocycles. The molecule has 2 aliphatic rings. The molecule has 1 saturated heterocycles. The van der Waals surface area contributed by atoms with Crippen molar-refractivity contribution in [3.05, 3.63) is 0 Å². The van der Waals surface area contributed by atoms with Crippen LogP contribution in [-0.4, -0.2) is 43.8 Å². The lowest BCUT2D eigenvalue weighted by Gasteiger charge is -2.42. The molecule has 2 fully saturated rings. The molecule has 0 aromatic heterocycles. The number of hydrogen-bond donors (Lipinski definition) is 1. The summed E-state index contributed by atoms with van der Waals surface area (Å²) in [6.07, 6.45) is 9.33. The number of nitrogens with zero attached hydrogens (tertiary/aromatic N) is 1. The lowest BCUT2D eigenvalue weighted by Crippen LogP contribution is -2.50. The van der Waals surface area contributed by atoms with E-state index in [1.54, 1.807) is 0 Å². The second-order valence-electron chi connectivity index (χ2n) is 7.45. The summed E-state index contributed by atoms with van der Waals surface area (Å²) < 4.78 is 5.76. The summed E-state index contributed by atoms with van der Waals surface area (Å²) in [7, 11) is 0. The van der Waals surface area contributed by atoms with Crippen LogP contribution >= 0.6 is 0 Å². The Balaban J connectivity index is 1.96. The molecule has 0 radical (unpaired) electrons. The predicted molar refractivity (Wildman–Crippen MR) is 84.8 cm³/mol. The molecule has 1 heterocycles. The van der Waals surface area contributed by atoms with Crippen LogP contribution < -0.4 is 5.73 Å². The smallest absolute Gasteiger partial charge is 0.0546 e. The maximum Gasteiger partial charge on any atom is 0.0546 e. The SMILES string of the molecule is CC(C)CCN(CC1(CN)CCCOC1)C1CCCC1. The highest BCUT2D eigenvalue weighted by molar-refractivity contribution is 4.89. The van der Waals surface area contributed by atoms with Gasteiger partial charge in [-0.15, -0.1) is 0 Å². The van der Waals surface area contributed by atoms with Crippen molar-refractivity contribution in [2.24, 2.45) is 17.1 Å². The van der Waals surface area contributed by atoms with Crippen molar-refractivity contribution in [1.82, 2.24) is 4.90 Å². The van der Waals surface area contributed by atoms with E-state index in [1.807, 2.05) is 0 Å². The van der Waals surface area contributed by atoms with Gasteiger partial charge >= 0.3 is 0 Å². The Labute approximate surface area is 125 Å². The minimum Gasteiger partial charge on any atom is -0.381 e. The molecule has 3 nitrogen and oxygen atoms in total. The molecule has 0 spiro atoms. The van der Waals surface area contributed by atoms with E-state index in [0.717, 1.165) is 38.3 Å². The first-order valence-electron chi connectivity index (χ1n) is 8.67. The standard InChI is InChI=1S/C17H34N2O/c1-15(2)8-10-19(16-6-3-4-7-16)13-17(12-18)9-5-11-20-14-17/h15-16H,3-14,18H2,1-2H3. The third-order valence-corrected chi connectivity index (χ3v) is 5.21.